The minimum absolute atomic E-state index is 0.0748. The highest BCUT2D eigenvalue weighted by molar-refractivity contribution is 5.67. The maximum Gasteiger partial charge on any atom is 0.182 e. The minimum atomic E-state index is 0.0748. The van der Waals surface area contributed by atoms with Crippen molar-refractivity contribution in [3.8, 4) is 11.4 Å². The van der Waals surface area contributed by atoms with Crippen LogP contribution in [0.3, 0.4) is 0 Å². The predicted octanol–water partition coefficient (Wildman–Crippen LogP) is 1.83. The first-order chi connectivity index (χ1) is 9.15. The van der Waals surface area contributed by atoms with E-state index in [0.29, 0.717) is 13.2 Å². The van der Waals surface area contributed by atoms with E-state index in [2.05, 4.69) is 15.5 Å². The van der Waals surface area contributed by atoms with Crippen LogP contribution in [-0.2, 0) is 4.74 Å². The molecule has 0 aliphatic rings. The average molecular weight is 261 g/mol. The van der Waals surface area contributed by atoms with E-state index in [4.69, 9.17) is 10.5 Å². The van der Waals surface area contributed by atoms with Crippen molar-refractivity contribution < 1.29 is 4.74 Å². The van der Waals surface area contributed by atoms with Crippen molar-refractivity contribution in [2.75, 3.05) is 18.9 Å². The zero-order chi connectivity index (χ0) is 13.8. The summed E-state index contributed by atoms with van der Waals surface area (Å²) >= 11 is 0. The Bertz CT molecular complexity index is 552. The highest BCUT2D eigenvalue weighted by Gasteiger charge is 2.16. The van der Waals surface area contributed by atoms with Crippen molar-refractivity contribution in [3.05, 3.63) is 23.8 Å². The van der Waals surface area contributed by atoms with Crippen molar-refractivity contribution in [1.82, 2.24) is 20.2 Å². The van der Waals surface area contributed by atoms with E-state index in [1.807, 2.05) is 39.0 Å². The second kappa shape index (κ2) is 5.79. The lowest BCUT2D eigenvalue weighted by molar-refractivity contribution is 0.115. The topological polar surface area (TPSA) is 78.8 Å². The molecule has 0 bridgehead atoms. The second-order valence-corrected chi connectivity index (χ2v) is 4.48. The molecular formula is C13H19N5O. The fourth-order valence-corrected chi connectivity index (χ4v) is 1.92. The van der Waals surface area contributed by atoms with E-state index in [1.165, 1.54) is 0 Å². The largest absolute Gasteiger partial charge is 0.398 e. The van der Waals surface area contributed by atoms with Crippen LogP contribution in [0.2, 0.25) is 0 Å². The van der Waals surface area contributed by atoms with Gasteiger partial charge in [-0.05, 0) is 42.8 Å². The Balaban J connectivity index is 2.36. The van der Waals surface area contributed by atoms with Gasteiger partial charge >= 0.3 is 0 Å². The van der Waals surface area contributed by atoms with Crippen molar-refractivity contribution in [1.29, 1.82) is 0 Å². The third-order valence-electron chi connectivity index (χ3n) is 3.09. The SMILES string of the molecule is CCOCC(C)n1nnnc1-c1cccc(N)c1C. The summed E-state index contributed by atoms with van der Waals surface area (Å²) in [6.07, 6.45) is 0. The van der Waals surface area contributed by atoms with E-state index < -0.39 is 0 Å². The number of tetrazole rings is 1. The molecule has 0 spiro atoms. The molecule has 1 aromatic carbocycles. The predicted molar refractivity (Wildman–Crippen MR) is 73.6 cm³/mol. The summed E-state index contributed by atoms with van der Waals surface area (Å²) in [6.45, 7) is 7.22. The molecule has 2 N–H and O–H groups in total. The first-order valence-electron chi connectivity index (χ1n) is 6.36. The molecular weight excluding hydrogens is 242 g/mol. The molecule has 1 aromatic heterocycles. The normalized spacial score (nSPS) is 12.6. The van der Waals surface area contributed by atoms with E-state index in [-0.39, 0.29) is 6.04 Å². The summed E-state index contributed by atoms with van der Waals surface area (Å²) in [7, 11) is 0. The fourth-order valence-electron chi connectivity index (χ4n) is 1.92. The molecule has 1 unspecified atom stereocenters. The van der Waals surface area contributed by atoms with Crippen LogP contribution in [0.4, 0.5) is 5.69 Å². The smallest absolute Gasteiger partial charge is 0.182 e. The van der Waals surface area contributed by atoms with Gasteiger partial charge in [-0.1, -0.05) is 12.1 Å². The van der Waals surface area contributed by atoms with E-state index in [1.54, 1.807) is 4.68 Å². The molecule has 0 amide bonds. The van der Waals surface area contributed by atoms with E-state index in [0.717, 1.165) is 22.6 Å². The van der Waals surface area contributed by atoms with Gasteiger partial charge in [0.15, 0.2) is 5.82 Å². The minimum Gasteiger partial charge on any atom is -0.398 e. The number of hydrogen-bond acceptors (Lipinski definition) is 5. The van der Waals surface area contributed by atoms with Crippen LogP contribution >= 0.6 is 0 Å². The number of nitrogens with two attached hydrogens (primary N) is 1. The van der Waals surface area contributed by atoms with Gasteiger partial charge in [-0.25, -0.2) is 4.68 Å². The average Bonchev–Trinajstić information content (AvgIpc) is 2.88. The number of benzene rings is 1. The first kappa shape index (κ1) is 13.5. The number of anilines is 1. The Morgan fingerprint density at radius 2 is 2.21 bits per heavy atom. The summed E-state index contributed by atoms with van der Waals surface area (Å²) in [6, 6.07) is 5.83. The quantitative estimate of drug-likeness (QED) is 0.831. The summed E-state index contributed by atoms with van der Waals surface area (Å²) in [5.41, 5.74) is 8.61. The molecule has 2 rings (SSSR count). The zero-order valence-corrected chi connectivity index (χ0v) is 11.5. The van der Waals surface area contributed by atoms with Gasteiger partial charge in [0.25, 0.3) is 0 Å². The second-order valence-electron chi connectivity index (χ2n) is 4.48. The van der Waals surface area contributed by atoms with Crippen LogP contribution in [-0.4, -0.2) is 33.4 Å². The van der Waals surface area contributed by atoms with Crippen molar-refractivity contribution >= 4 is 5.69 Å². The Morgan fingerprint density at radius 3 is 2.95 bits per heavy atom. The molecule has 0 saturated heterocycles. The molecule has 0 radical (unpaired) electrons. The molecule has 0 aliphatic carbocycles. The van der Waals surface area contributed by atoms with Gasteiger partial charge < -0.3 is 10.5 Å². The van der Waals surface area contributed by atoms with Crippen LogP contribution in [0.5, 0.6) is 0 Å². The van der Waals surface area contributed by atoms with Gasteiger partial charge in [0.2, 0.25) is 0 Å². The summed E-state index contributed by atoms with van der Waals surface area (Å²) in [4.78, 5) is 0. The molecule has 0 saturated carbocycles. The Morgan fingerprint density at radius 1 is 1.42 bits per heavy atom. The van der Waals surface area contributed by atoms with Crippen molar-refractivity contribution in [2.45, 2.75) is 26.8 Å². The lowest BCUT2D eigenvalue weighted by atomic mass is 10.1. The molecule has 102 valence electrons. The Hall–Kier alpha value is -1.95. The number of hydrogen-bond donors (Lipinski definition) is 1. The summed E-state index contributed by atoms with van der Waals surface area (Å²) < 4.78 is 7.20. The zero-order valence-electron chi connectivity index (χ0n) is 11.5. The summed E-state index contributed by atoms with van der Waals surface area (Å²) in [5.74, 6) is 0.719. The number of ether oxygens (including phenoxy) is 1. The van der Waals surface area contributed by atoms with Crippen LogP contribution < -0.4 is 5.73 Å². The summed E-state index contributed by atoms with van der Waals surface area (Å²) in [5, 5.41) is 11.9. The standard InChI is InChI=1S/C13H19N5O/c1-4-19-8-9(2)18-13(15-16-17-18)11-6-5-7-12(14)10(11)3/h5-7,9H,4,8,14H2,1-3H3. The van der Waals surface area contributed by atoms with Gasteiger partial charge in [-0.15, -0.1) is 5.10 Å². The van der Waals surface area contributed by atoms with Crippen LogP contribution in [0, 0.1) is 6.92 Å². The van der Waals surface area contributed by atoms with Gasteiger partial charge in [0, 0.05) is 17.9 Å². The number of aromatic nitrogens is 4. The lowest BCUT2D eigenvalue weighted by Crippen LogP contribution is -2.15. The number of nitrogen functional groups attached to an aromatic ring is 1. The number of rotatable bonds is 5. The highest BCUT2D eigenvalue weighted by Crippen LogP contribution is 2.26. The van der Waals surface area contributed by atoms with E-state index in [9.17, 15) is 0 Å². The lowest BCUT2D eigenvalue weighted by Gasteiger charge is -2.14. The Labute approximate surface area is 112 Å². The molecule has 19 heavy (non-hydrogen) atoms. The van der Waals surface area contributed by atoms with Gasteiger partial charge in [-0.2, -0.15) is 0 Å². The highest BCUT2D eigenvalue weighted by atomic mass is 16.5. The molecule has 6 nitrogen and oxygen atoms in total. The van der Waals surface area contributed by atoms with Gasteiger partial charge in [0.1, 0.15) is 0 Å². The maximum atomic E-state index is 5.93. The fraction of sp³-hybridized carbons (Fsp3) is 0.462. The monoisotopic (exact) mass is 261 g/mol. The molecule has 1 atom stereocenters. The molecule has 1 heterocycles. The van der Waals surface area contributed by atoms with Gasteiger partial charge in [0.05, 0.1) is 12.6 Å². The third-order valence-corrected chi connectivity index (χ3v) is 3.09. The molecule has 0 fully saturated rings. The molecule has 0 aliphatic heterocycles. The van der Waals surface area contributed by atoms with Crippen LogP contribution in [0.25, 0.3) is 11.4 Å². The van der Waals surface area contributed by atoms with Crippen LogP contribution in [0.1, 0.15) is 25.5 Å². The van der Waals surface area contributed by atoms with E-state index >= 15 is 0 Å². The molecule has 2 aromatic rings. The number of nitrogens with zero attached hydrogens (tertiary/aromatic N) is 4. The van der Waals surface area contributed by atoms with Gasteiger partial charge in [-0.3, -0.25) is 0 Å². The Kier molecular flexibility index (Phi) is 4.11. The van der Waals surface area contributed by atoms with Crippen molar-refractivity contribution in [3.63, 3.8) is 0 Å². The molecule has 6 heteroatoms. The first-order valence-corrected chi connectivity index (χ1v) is 6.36. The third kappa shape index (κ3) is 2.73. The van der Waals surface area contributed by atoms with Crippen molar-refractivity contribution in [2.24, 2.45) is 0 Å². The maximum absolute atomic E-state index is 5.93. The van der Waals surface area contributed by atoms with Crippen LogP contribution in [0.15, 0.2) is 18.2 Å².